The molecule has 0 spiro atoms. The van der Waals surface area contributed by atoms with Gasteiger partial charge in [-0.2, -0.15) is 0 Å². The fourth-order valence-electron chi connectivity index (χ4n) is 2.95. The topological polar surface area (TPSA) is 79.7 Å². The number of carbonyl (C=O) groups is 2. The fraction of sp³-hybridized carbons (Fsp3) is 0.316. The quantitative estimate of drug-likeness (QED) is 0.859. The summed E-state index contributed by atoms with van der Waals surface area (Å²) in [5, 5.41) is 9.11. The van der Waals surface area contributed by atoms with Gasteiger partial charge in [0, 0.05) is 25.9 Å². The van der Waals surface area contributed by atoms with E-state index in [0.717, 1.165) is 12.8 Å². The number of carboxylic acid groups (broad SMARTS) is 1. The summed E-state index contributed by atoms with van der Waals surface area (Å²) in [6, 6.07) is 8.61. The highest BCUT2D eigenvalue weighted by molar-refractivity contribution is 5.95. The second kappa shape index (κ2) is 8.05. The van der Waals surface area contributed by atoms with Crippen LogP contribution in [0.1, 0.15) is 39.3 Å². The lowest BCUT2D eigenvalue weighted by molar-refractivity contribution is 0.0502. The first-order valence-electron chi connectivity index (χ1n) is 8.37. The maximum Gasteiger partial charge on any atom is 0.335 e. The number of halogens is 1. The van der Waals surface area contributed by atoms with Gasteiger partial charge in [-0.25, -0.2) is 9.18 Å². The molecular formula is C19H19FN2O4. The Hall–Kier alpha value is -2.80. The molecular weight excluding hydrogens is 339 g/mol. The number of pyridine rings is 1. The number of rotatable bonds is 6. The molecule has 2 aromatic rings. The van der Waals surface area contributed by atoms with E-state index in [1.54, 1.807) is 12.1 Å². The van der Waals surface area contributed by atoms with Gasteiger partial charge in [-0.15, -0.1) is 0 Å². The standard InChI is InChI=1S/C19H19FN2O4/c20-15-4-1-3-13(9-15)11-22(12-16-5-2-8-26-16)18(23)17-10-14(19(24)25)6-7-21-17/h1,3-4,6-7,9-10,16H,2,5,8,11-12H2,(H,24,25). The second-order valence-corrected chi connectivity index (χ2v) is 6.19. The van der Waals surface area contributed by atoms with Gasteiger partial charge in [-0.05, 0) is 42.7 Å². The summed E-state index contributed by atoms with van der Waals surface area (Å²) in [6.07, 6.45) is 2.98. The molecule has 1 aromatic carbocycles. The van der Waals surface area contributed by atoms with Crippen molar-refractivity contribution in [1.29, 1.82) is 0 Å². The average molecular weight is 358 g/mol. The molecule has 0 aliphatic carbocycles. The normalized spacial score (nSPS) is 16.4. The number of ether oxygens (including phenoxy) is 1. The van der Waals surface area contributed by atoms with Crippen LogP contribution in [0.4, 0.5) is 4.39 Å². The number of amides is 1. The van der Waals surface area contributed by atoms with Gasteiger partial charge >= 0.3 is 5.97 Å². The van der Waals surface area contributed by atoms with Gasteiger partial charge in [0.1, 0.15) is 11.5 Å². The molecule has 1 aromatic heterocycles. The maximum atomic E-state index is 13.5. The third kappa shape index (κ3) is 4.43. The van der Waals surface area contributed by atoms with Crippen LogP contribution in [-0.4, -0.2) is 46.1 Å². The summed E-state index contributed by atoms with van der Waals surface area (Å²) >= 11 is 0. The highest BCUT2D eigenvalue weighted by Crippen LogP contribution is 2.17. The summed E-state index contributed by atoms with van der Waals surface area (Å²) in [5.41, 5.74) is 0.677. The van der Waals surface area contributed by atoms with Crippen molar-refractivity contribution in [2.75, 3.05) is 13.2 Å². The van der Waals surface area contributed by atoms with Crippen molar-refractivity contribution in [2.45, 2.75) is 25.5 Å². The Morgan fingerprint density at radius 2 is 2.15 bits per heavy atom. The fourth-order valence-corrected chi connectivity index (χ4v) is 2.95. The van der Waals surface area contributed by atoms with E-state index in [1.807, 2.05) is 0 Å². The van der Waals surface area contributed by atoms with Crippen LogP contribution in [-0.2, 0) is 11.3 Å². The molecule has 136 valence electrons. The van der Waals surface area contributed by atoms with Crippen LogP contribution >= 0.6 is 0 Å². The molecule has 1 atom stereocenters. The van der Waals surface area contributed by atoms with E-state index in [0.29, 0.717) is 18.7 Å². The van der Waals surface area contributed by atoms with Crippen molar-refractivity contribution in [3.63, 3.8) is 0 Å². The molecule has 1 aliphatic heterocycles. The molecule has 6 nitrogen and oxygen atoms in total. The molecule has 0 radical (unpaired) electrons. The lowest BCUT2D eigenvalue weighted by atomic mass is 10.1. The molecule has 1 unspecified atom stereocenters. The molecule has 3 rings (SSSR count). The molecule has 7 heteroatoms. The van der Waals surface area contributed by atoms with Crippen LogP contribution in [0.15, 0.2) is 42.6 Å². The van der Waals surface area contributed by atoms with E-state index in [9.17, 15) is 14.0 Å². The van der Waals surface area contributed by atoms with Gasteiger partial charge in [0.2, 0.25) is 0 Å². The SMILES string of the molecule is O=C(O)c1ccnc(C(=O)N(Cc2cccc(F)c2)CC2CCCO2)c1. The number of carbonyl (C=O) groups excluding carboxylic acids is 1. The first kappa shape index (κ1) is 18.0. The zero-order chi connectivity index (χ0) is 18.5. The van der Waals surface area contributed by atoms with Crippen molar-refractivity contribution < 1.29 is 23.8 Å². The van der Waals surface area contributed by atoms with Gasteiger partial charge in [0.15, 0.2) is 0 Å². The van der Waals surface area contributed by atoms with Gasteiger partial charge < -0.3 is 14.7 Å². The molecule has 0 bridgehead atoms. The van der Waals surface area contributed by atoms with E-state index >= 15 is 0 Å². The predicted octanol–water partition coefficient (Wildman–Crippen LogP) is 2.74. The van der Waals surface area contributed by atoms with Crippen molar-refractivity contribution in [2.24, 2.45) is 0 Å². The van der Waals surface area contributed by atoms with E-state index in [1.165, 1.54) is 35.4 Å². The smallest absolute Gasteiger partial charge is 0.335 e. The highest BCUT2D eigenvalue weighted by atomic mass is 19.1. The number of carboxylic acids is 1. The molecule has 1 aliphatic rings. The molecule has 1 fully saturated rings. The summed E-state index contributed by atoms with van der Waals surface area (Å²) < 4.78 is 19.1. The average Bonchev–Trinajstić information content (AvgIpc) is 3.14. The molecule has 26 heavy (non-hydrogen) atoms. The molecule has 1 amide bonds. The van der Waals surface area contributed by atoms with Crippen molar-refractivity contribution >= 4 is 11.9 Å². The van der Waals surface area contributed by atoms with Crippen LogP contribution in [0.3, 0.4) is 0 Å². The number of aromatic carboxylic acids is 1. The first-order chi connectivity index (χ1) is 12.5. The van der Waals surface area contributed by atoms with Gasteiger partial charge in [0.05, 0.1) is 11.7 Å². The monoisotopic (exact) mass is 358 g/mol. The molecule has 0 saturated carbocycles. The number of aromatic nitrogens is 1. The number of nitrogens with zero attached hydrogens (tertiary/aromatic N) is 2. The number of hydrogen-bond acceptors (Lipinski definition) is 4. The summed E-state index contributed by atoms with van der Waals surface area (Å²) in [6.45, 7) is 1.18. The largest absolute Gasteiger partial charge is 0.478 e. The van der Waals surface area contributed by atoms with Gasteiger partial charge in [-0.1, -0.05) is 12.1 Å². The summed E-state index contributed by atoms with van der Waals surface area (Å²) in [4.78, 5) is 29.6. The molecule has 2 heterocycles. The third-order valence-electron chi connectivity index (χ3n) is 4.22. The zero-order valence-corrected chi connectivity index (χ0v) is 14.1. The van der Waals surface area contributed by atoms with Gasteiger partial charge in [0.25, 0.3) is 5.91 Å². The predicted molar refractivity (Wildman–Crippen MR) is 91.3 cm³/mol. The van der Waals surface area contributed by atoms with Crippen LogP contribution in [0.2, 0.25) is 0 Å². The molecule has 1 saturated heterocycles. The molecule has 1 N–H and O–H groups in total. The summed E-state index contributed by atoms with van der Waals surface area (Å²) in [7, 11) is 0. The van der Waals surface area contributed by atoms with Crippen LogP contribution in [0.25, 0.3) is 0 Å². The van der Waals surface area contributed by atoms with E-state index in [2.05, 4.69) is 4.98 Å². The van der Waals surface area contributed by atoms with E-state index in [-0.39, 0.29) is 29.7 Å². The Labute approximate surface area is 150 Å². The minimum Gasteiger partial charge on any atom is -0.478 e. The van der Waals surface area contributed by atoms with Crippen molar-refractivity contribution in [1.82, 2.24) is 9.88 Å². The minimum atomic E-state index is -1.13. The Bertz CT molecular complexity index is 806. The van der Waals surface area contributed by atoms with Crippen molar-refractivity contribution in [3.05, 3.63) is 65.2 Å². The second-order valence-electron chi connectivity index (χ2n) is 6.19. The highest BCUT2D eigenvalue weighted by Gasteiger charge is 2.25. The zero-order valence-electron chi connectivity index (χ0n) is 14.1. The first-order valence-corrected chi connectivity index (χ1v) is 8.37. The van der Waals surface area contributed by atoms with Crippen LogP contribution in [0, 0.1) is 5.82 Å². The maximum absolute atomic E-state index is 13.5. The number of benzene rings is 1. The third-order valence-corrected chi connectivity index (χ3v) is 4.22. The van der Waals surface area contributed by atoms with E-state index < -0.39 is 11.9 Å². The Morgan fingerprint density at radius 3 is 2.85 bits per heavy atom. The number of hydrogen-bond donors (Lipinski definition) is 1. The summed E-state index contributed by atoms with van der Waals surface area (Å²) in [5.74, 6) is -1.91. The van der Waals surface area contributed by atoms with E-state index in [4.69, 9.17) is 9.84 Å². The lowest BCUT2D eigenvalue weighted by Crippen LogP contribution is -2.37. The van der Waals surface area contributed by atoms with Crippen LogP contribution in [0.5, 0.6) is 0 Å². The Kier molecular flexibility index (Phi) is 5.58. The minimum absolute atomic E-state index is 0.00817. The Balaban J connectivity index is 1.84. The Morgan fingerprint density at radius 1 is 1.31 bits per heavy atom. The van der Waals surface area contributed by atoms with Gasteiger partial charge in [-0.3, -0.25) is 9.78 Å². The van der Waals surface area contributed by atoms with Crippen LogP contribution < -0.4 is 0 Å². The lowest BCUT2D eigenvalue weighted by Gasteiger charge is -2.25. The van der Waals surface area contributed by atoms with Crippen molar-refractivity contribution in [3.8, 4) is 0 Å².